The van der Waals surface area contributed by atoms with Gasteiger partial charge in [-0.2, -0.15) is 22.7 Å². The second-order valence-electron chi connectivity index (χ2n) is 8.46. The highest BCUT2D eigenvalue weighted by molar-refractivity contribution is 6.00. The molecule has 0 bridgehead atoms. The van der Waals surface area contributed by atoms with E-state index in [9.17, 15) is 22.4 Å². The van der Waals surface area contributed by atoms with Crippen molar-refractivity contribution in [1.82, 2.24) is 20.5 Å². The first-order chi connectivity index (χ1) is 18.7. The van der Waals surface area contributed by atoms with Gasteiger partial charge in [0.05, 0.1) is 17.3 Å². The quantitative estimate of drug-likeness (QED) is 0.0989. The van der Waals surface area contributed by atoms with E-state index in [1.165, 1.54) is 18.3 Å². The summed E-state index contributed by atoms with van der Waals surface area (Å²) in [4.78, 5) is 14.7. The molecule has 2 heterocycles. The fourth-order valence-electron chi connectivity index (χ4n) is 4.01. The first-order valence-corrected chi connectivity index (χ1v) is 11.9. The van der Waals surface area contributed by atoms with Gasteiger partial charge in [-0.25, -0.2) is 9.78 Å². The Bertz CT molecular complexity index is 1480. The van der Waals surface area contributed by atoms with Crippen LogP contribution in [0.25, 0.3) is 22.0 Å². The van der Waals surface area contributed by atoms with Crippen LogP contribution in [0.4, 0.5) is 17.6 Å². The molecule has 4 rings (SSSR count). The molecule has 0 saturated heterocycles. The Kier molecular flexibility index (Phi) is 8.72. The van der Waals surface area contributed by atoms with Gasteiger partial charge in [0, 0.05) is 37.0 Å². The van der Waals surface area contributed by atoms with E-state index >= 15 is 0 Å². The van der Waals surface area contributed by atoms with Crippen molar-refractivity contribution in [1.29, 1.82) is 0 Å². The van der Waals surface area contributed by atoms with Crippen molar-refractivity contribution in [3.63, 3.8) is 0 Å². The molecule has 202 valence electrons. The number of carbonyl (C=O) groups is 1. The molecule has 0 aliphatic carbocycles. The van der Waals surface area contributed by atoms with E-state index in [0.717, 1.165) is 6.08 Å². The number of nitrogens with zero attached hydrogens (tertiary/aromatic N) is 2. The Hall–Kier alpha value is -4.51. The number of aromatic amines is 1. The summed E-state index contributed by atoms with van der Waals surface area (Å²) in [5, 5.41) is 17.8. The van der Waals surface area contributed by atoms with Crippen LogP contribution in [0, 0.1) is 5.95 Å². The average molecular weight is 541 g/mol. The van der Waals surface area contributed by atoms with E-state index in [0.29, 0.717) is 35.3 Å². The van der Waals surface area contributed by atoms with Crippen LogP contribution in [0.5, 0.6) is 5.88 Å². The van der Waals surface area contributed by atoms with Crippen LogP contribution in [-0.4, -0.2) is 52.1 Å². The number of carboxylic acids is 1. The molecule has 0 aliphatic heterocycles. The van der Waals surface area contributed by atoms with Gasteiger partial charge < -0.3 is 15.2 Å². The summed E-state index contributed by atoms with van der Waals surface area (Å²) in [6.45, 7) is 0.994. The minimum atomic E-state index is -4.51. The lowest BCUT2D eigenvalue weighted by molar-refractivity contribution is -0.131. The molecule has 0 unspecified atom stereocenters. The molecule has 0 amide bonds. The molecular formula is C28H24F4N4O3. The highest BCUT2D eigenvalue weighted by Gasteiger charge is 2.31. The Morgan fingerprint density at radius 2 is 1.82 bits per heavy atom. The second kappa shape index (κ2) is 12.4. The minimum Gasteiger partial charge on any atom is -0.478 e. The summed E-state index contributed by atoms with van der Waals surface area (Å²) in [5.74, 6) is -1.46. The minimum absolute atomic E-state index is 0.0143. The molecule has 2 aromatic heterocycles. The number of alkyl halides is 3. The number of allylic oxidation sites excluding steroid dienone is 1. The largest absolute Gasteiger partial charge is 0.478 e. The first kappa shape index (κ1) is 27.5. The van der Waals surface area contributed by atoms with Gasteiger partial charge in [-0.05, 0) is 40.5 Å². The number of halogens is 4. The number of pyridine rings is 1. The molecule has 0 atom stereocenters. The van der Waals surface area contributed by atoms with Gasteiger partial charge in [-0.1, -0.05) is 42.5 Å². The summed E-state index contributed by atoms with van der Waals surface area (Å²) in [5.41, 5.74) is 1.76. The topological polar surface area (TPSA) is 100 Å². The smallest absolute Gasteiger partial charge is 0.393 e. The average Bonchev–Trinajstić information content (AvgIpc) is 3.28. The van der Waals surface area contributed by atoms with Gasteiger partial charge in [0.1, 0.15) is 6.61 Å². The number of aliphatic carboxylic acids is 1. The lowest BCUT2D eigenvalue weighted by Gasteiger charge is -2.19. The zero-order valence-electron chi connectivity index (χ0n) is 20.5. The number of carboxylic acid groups (broad SMARTS) is 1. The van der Waals surface area contributed by atoms with E-state index in [1.54, 1.807) is 54.6 Å². The van der Waals surface area contributed by atoms with Gasteiger partial charge in [0.25, 0.3) is 0 Å². The van der Waals surface area contributed by atoms with Crippen LogP contribution in [0.1, 0.15) is 23.1 Å². The van der Waals surface area contributed by atoms with Gasteiger partial charge in [0.15, 0.2) is 0 Å². The summed E-state index contributed by atoms with van der Waals surface area (Å²) < 4.78 is 61.4. The molecule has 0 saturated carbocycles. The number of aromatic nitrogens is 3. The van der Waals surface area contributed by atoms with Crippen LogP contribution in [-0.2, 0) is 4.79 Å². The van der Waals surface area contributed by atoms with Crippen molar-refractivity contribution in [2.45, 2.75) is 12.6 Å². The molecule has 4 aromatic rings. The molecule has 11 heteroatoms. The number of H-pyrrole nitrogens is 1. The van der Waals surface area contributed by atoms with Crippen molar-refractivity contribution in [2.75, 3.05) is 19.7 Å². The van der Waals surface area contributed by atoms with Crippen LogP contribution < -0.4 is 10.1 Å². The second-order valence-corrected chi connectivity index (χ2v) is 8.46. The fourth-order valence-corrected chi connectivity index (χ4v) is 4.01. The Morgan fingerprint density at radius 1 is 1.05 bits per heavy atom. The Labute approximate surface area is 220 Å². The van der Waals surface area contributed by atoms with Crippen molar-refractivity contribution >= 4 is 28.0 Å². The molecule has 2 aromatic carbocycles. The molecule has 7 nitrogen and oxygen atoms in total. The SMILES string of the molecule is O=C(O)/C=C/CNCCOc1ccc(/C(=C(/CC(F)(F)F)c2ccccc2)c2ccc3n[nH]c(F)c3c2)cn1. The van der Waals surface area contributed by atoms with Crippen LogP contribution in [0.15, 0.2) is 79.0 Å². The van der Waals surface area contributed by atoms with Crippen LogP contribution in [0.3, 0.4) is 0 Å². The molecular weight excluding hydrogens is 516 g/mol. The van der Waals surface area contributed by atoms with Crippen molar-refractivity contribution in [3.05, 3.63) is 102 Å². The standard InChI is InChI=1S/C28H24F4N4O3/c29-27-21-15-19(8-10-23(21)35-36-27)26(22(16-28(30,31)32)18-5-2-1-3-6-18)20-9-11-24(34-17-20)39-14-13-33-12-4-7-25(37)38/h1-11,15,17,33H,12-14,16H2,(H,35,36)(H,37,38)/b7-4+,26-22-. The number of benzene rings is 2. The number of hydrogen-bond donors (Lipinski definition) is 3. The number of hydrogen-bond acceptors (Lipinski definition) is 5. The number of fused-ring (bicyclic) bond motifs is 1. The summed E-state index contributed by atoms with van der Waals surface area (Å²) in [6, 6.07) is 16.0. The van der Waals surface area contributed by atoms with Gasteiger partial charge in [0.2, 0.25) is 11.8 Å². The predicted molar refractivity (Wildman–Crippen MR) is 138 cm³/mol. The summed E-state index contributed by atoms with van der Waals surface area (Å²) in [7, 11) is 0. The van der Waals surface area contributed by atoms with Gasteiger partial charge >= 0.3 is 12.1 Å². The lowest BCUT2D eigenvalue weighted by atomic mass is 9.88. The Balaban J connectivity index is 1.68. The maximum Gasteiger partial charge on any atom is 0.393 e. The third-order valence-electron chi connectivity index (χ3n) is 5.67. The van der Waals surface area contributed by atoms with E-state index in [-0.39, 0.29) is 29.0 Å². The predicted octanol–water partition coefficient (Wildman–Crippen LogP) is 5.62. The van der Waals surface area contributed by atoms with Crippen molar-refractivity contribution in [3.8, 4) is 5.88 Å². The lowest BCUT2D eigenvalue weighted by Crippen LogP contribution is -2.21. The Morgan fingerprint density at radius 3 is 2.51 bits per heavy atom. The molecule has 39 heavy (non-hydrogen) atoms. The third-order valence-corrected chi connectivity index (χ3v) is 5.67. The molecule has 0 spiro atoms. The van der Waals surface area contributed by atoms with Crippen molar-refractivity contribution in [2.24, 2.45) is 0 Å². The maximum absolute atomic E-state index is 14.3. The highest BCUT2D eigenvalue weighted by atomic mass is 19.4. The highest BCUT2D eigenvalue weighted by Crippen LogP contribution is 2.40. The van der Waals surface area contributed by atoms with E-state index in [2.05, 4.69) is 20.5 Å². The number of rotatable bonds is 11. The summed E-state index contributed by atoms with van der Waals surface area (Å²) in [6.07, 6.45) is -1.81. The van der Waals surface area contributed by atoms with Crippen LogP contribution in [0.2, 0.25) is 0 Å². The van der Waals surface area contributed by atoms with E-state index in [1.807, 2.05) is 0 Å². The van der Waals surface area contributed by atoms with Crippen LogP contribution >= 0.6 is 0 Å². The molecule has 0 aliphatic rings. The fraction of sp³-hybridized carbons (Fsp3) is 0.179. The first-order valence-electron chi connectivity index (χ1n) is 11.9. The monoisotopic (exact) mass is 540 g/mol. The van der Waals surface area contributed by atoms with Crippen molar-refractivity contribution < 1.29 is 32.2 Å². The zero-order chi connectivity index (χ0) is 27.8. The zero-order valence-corrected chi connectivity index (χ0v) is 20.5. The number of nitrogens with one attached hydrogen (secondary N) is 2. The summed E-state index contributed by atoms with van der Waals surface area (Å²) >= 11 is 0. The maximum atomic E-state index is 14.3. The van der Waals surface area contributed by atoms with E-state index in [4.69, 9.17) is 9.84 Å². The van der Waals surface area contributed by atoms with Gasteiger partial charge in [-0.15, -0.1) is 0 Å². The molecule has 0 fully saturated rings. The molecule has 3 N–H and O–H groups in total. The number of ether oxygens (including phenoxy) is 1. The third kappa shape index (κ3) is 7.51. The normalized spacial score (nSPS) is 12.6. The van der Waals surface area contributed by atoms with Gasteiger partial charge in [-0.3, -0.25) is 5.10 Å². The van der Waals surface area contributed by atoms with E-state index < -0.39 is 24.5 Å². The molecule has 0 radical (unpaired) electrons.